The van der Waals surface area contributed by atoms with Crippen LogP contribution >= 0.6 is 0 Å². The number of nitrogens with two attached hydrogens (primary N) is 1. The Morgan fingerprint density at radius 2 is 2.09 bits per heavy atom. The van der Waals surface area contributed by atoms with Gasteiger partial charge in [-0.2, -0.15) is 0 Å². The molecule has 0 aliphatic rings. The topological polar surface area (TPSA) is 80.4 Å². The van der Waals surface area contributed by atoms with Crippen molar-refractivity contribution < 1.29 is 13.5 Å². The van der Waals surface area contributed by atoms with Gasteiger partial charge in [-0.1, -0.05) is 6.92 Å². The molecule has 0 saturated heterocycles. The molecule has 0 aliphatic carbocycles. The molecule has 0 aromatic rings. The van der Waals surface area contributed by atoms with Gasteiger partial charge in [0.15, 0.2) is 9.84 Å². The lowest BCUT2D eigenvalue weighted by Gasteiger charge is -2.06. The second-order valence-electron chi connectivity index (χ2n) is 2.50. The summed E-state index contributed by atoms with van der Waals surface area (Å²) in [4.78, 5) is 0. The van der Waals surface area contributed by atoms with Crippen molar-refractivity contribution in [2.24, 2.45) is 5.73 Å². The molecule has 0 aromatic carbocycles. The zero-order chi connectivity index (χ0) is 8.91. The molecule has 5 heteroatoms. The van der Waals surface area contributed by atoms with Crippen LogP contribution in [-0.2, 0) is 9.84 Å². The van der Waals surface area contributed by atoms with E-state index < -0.39 is 15.9 Å². The highest BCUT2D eigenvalue weighted by Crippen LogP contribution is 1.96. The Hall–Kier alpha value is -0.130. The van der Waals surface area contributed by atoms with Gasteiger partial charge in [0.05, 0.1) is 17.6 Å². The minimum atomic E-state index is -3.07. The van der Waals surface area contributed by atoms with Crippen LogP contribution in [0, 0.1) is 0 Å². The Morgan fingerprint density at radius 1 is 1.55 bits per heavy atom. The molecule has 0 spiro atoms. The van der Waals surface area contributed by atoms with Crippen LogP contribution < -0.4 is 5.73 Å². The number of rotatable bonds is 5. The van der Waals surface area contributed by atoms with Gasteiger partial charge in [-0.05, 0) is 6.42 Å². The molecule has 3 N–H and O–H groups in total. The second-order valence-corrected chi connectivity index (χ2v) is 4.73. The lowest BCUT2D eigenvalue weighted by atomic mass is 10.4. The van der Waals surface area contributed by atoms with Crippen LogP contribution in [0.15, 0.2) is 0 Å². The van der Waals surface area contributed by atoms with E-state index in [1.54, 1.807) is 6.92 Å². The molecule has 0 fully saturated rings. The van der Waals surface area contributed by atoms with Crippen LogP contribution in [0.5, 0.6) is 0 Å². The SMILES string of the molecule is CCCS(=O)(=O)CC(O)CN. The third-order valence-electron chi connectivity index (χ3n) is 1.23. The van der Waals surface area contributed by atoms with Gasteiger partial charge in [0, 0.05) is 6.54 Å². The summed E-state index contributed by atoms with van der Waals surface area (Å²) < 4.78 is 22.0. The maximum Gasteiger partial charge on any atom is 0.152 e. The summed E-state index contributed by atoms with van der Waals surface area (Å²) in [5, 5.41) is 8.92. The number of hydrogen-bond acceptors (Lipinski definition) is 4. The summed E-state index contributed by atoms with van der Waals surface area (Å²) in [5.74, 6) is -0.0819. The summed E-state index contributed by atoms with van der Waals surface area (Å²) in [6.07, 6.45) is -0.328. The van der Waals surface area contributed by atoms with Crippen molar-refractivity contribution in [3.8, 4) is 0 Å². The fourth-order valence-electron chi connectivity index (χ4n) is 0.756. The Bertz CT molecular complexity index is 188. The third-order valence-corrected chi connectivity index (χ3v) is 3.16. The monoisotopic (exact) mass is 181 g/mol. The molecule has 1 atom stereocenters. The van der Waals surface area contributed by atoms with Crippen molar-refractivity contribution in [3.05, 3.63) is 0 Å². The van der Waals surface area contributed by atoms with E-state index in [0.717, 1.165) is 0 Å². The molecule has 68 valence electrons. The highest BCUT2D eigenvalue weighted by atomic mass is 32.2. The molecule has 1 unspecified atom stereocenters. The zero-order valence-corrected chi connectivity index (χ0v) is 7.47. The molecular weight excluding hydrogens is 166 g/mol. The average Bonchev–Trinajstić information content (AvgIpc) is 1.86. The van der Waals surface area contributed by atoms with Crippen molar-refractivity contribution in [2.45, 2.75) is 19.4 Å². The van der Waals surface area contributed by atoms with Crippen LogP contribution in [0.25, 0.3) is 0 Å². The number of aliphatic hydroxyl groups excluding tert-OH is 1. The van der Waals surface area contributed by atoms with E-state index >= 15 is 0 Å². The minimum Gasteiger partial charge on any atom is -0.391 e. The van der Waals surface area contributed by atoms with Crippen molar-refractivity contribution in [3.63, 3.8) is 0 Å². The van der Waals surface area contributed by atoms with E-state index in [4.69, 9.17) is 10.8 Å². The first-order chi connectivity index (χ1) is 5.02. The van der Waals surface area contributed by atoms with Gasteiger partial charge in [0.2, 0.25) is 0 Å². The maximum atomic E-state index is 11.0. The van der Waals surface area contributed by atoms with E-state index in [-0.39, 0.29) is 18.1 Å². The van der Waals surface area contributed by atoms with Crippen LogP contribution in [0.2, 0.25) is 0 Å². The van der Waals surface area contributed by atoms with Gasteiger partial charge >= 0.3 is 0 Å². The van der Waals surface area contributed by atoms with Crippen LogP contribution in [0.3, 0.4) is 0 Å². The Labute approximate surface area is 67.3 Å². The predicted molar refractivity (Wildman–Crippen MR) is 44.0 cm³/mol. The quantitative estimate of drug-likeness (QED) is 0.578. The highest BCUT2D eigenvalue weighted by molar-refractivity contribution is 7.91. The molecule has 0 amide bonds. The predicted octanol–water partition coefficient (Wildman–Crippen LogP) is -0.869. The van der Waals surface area contributed by atoms with E-state index in [1.165, 1.54) is 0 Å². The van der Waals surface area contributed by atoms with Crippen LogP contribution in [0.4, 0.5) is 0 Å². The Kier molecular flexibility index (Phi) is 4.63. The summed E-state index contributed by atoms with van der Waals surface area (Å²) in [6, 6.07) is 0. The molecule has 0 saturated carbocycles. The Morgan fingerprint density at radius 3 is 2.45 bits per heavy atom. The van der Waals surface area contributed by atoms with Gasteiger partial charge in [-0.15, -0.1) is 0 Å². The van der Waals surface area contributed by atoms with Crippen LogP contribution in [0.1, 0.15) is 13.3 Å². The zero-order valence-electron chi connectivity index (χ0n) is 6.66. The normalized spacial score (nSPS) is 14.8. The third kappa shape index (κ3) is 5.17. The van der Waals surface area contributed by atoms with E-state index in [0.29, 0.717) is 6.42 Å². The summed E-state index contributed by atoms with van der Waals surface area (Å²) in [6.45, 7) is 1.79. The van der Waals surface area contributed by atoms with E-state index in [1.807, 2.05) is 0 Å². The Balaban J connectivity index is 3.92. The first-order valence-corrected chi connectivity index (χ1v) is 5.42. The molecule has 0 rings (SSSR count). The molecule has 0 heterocycles. The van der Waals surface area contributed by atoms with Gasteiger partial charge in [-0.3, -0.25) is 0 Å². The van der Waals surface area contributed by atoms with E-state index in [2.05, 4.69) is 0 Å². The number of sulfone groups is 1. The van der Waals surface area contributed by atoms with Crippen molar-refractivity contribution in [1.29, 1.82) is 0 Å². The maximum absolute atomic E-state index is 11.0. The molecule has 0 radical (unpaired) electrons. The van der Waals surface area contributed by atoms with Crippen LogP contribution in [-0.4, -0.2) is 37.7 Å². The number of aliphatic hydroxyl groups is 1. The smallest absolute Gasteiger partial charge is 0.152 e. The first kappa shape index (κ1) is 10.9. The molecular formula is C6H15NO3S. The van der Waals surface area contributed by atoms with Crippen molar-refractivity contribution in [2.75, 3.05) is 18.1 Å². The first-order valence-electron chi connectivity index (χ1n) is 3.60. The van der Waals surface area contributed by atoms with Gasteiger partial charge in [0.1, 0.15) is 0 Å². The average molecular weight is 181 g/mol. The van der Waals surface area contributed by atoms with Gasteiger partial charge < -0.3 is 10.8 Å². The standard InChI is InChI=1S/C6H15NO3S/c1-2-3-11(9,10)5-6(8)4-7/h6,8H,2-5,7H2,1H3. The fraction of sp³-hybridized carbons (Fsp3) is 1.00. The highest BCUT2D eigenvalue weighted by Gasteiger charge is 2.14. The largest absolute Gasteiger partial charge is 0.391 e. The molecule has 0 aliphatic heterocycles. The summed E-state index contributed by atoms with van der Waals surface area (Å²) >= 11 is 0. The molecule has 11 heavy (non-hydrogen) atoms. The lowest BCUT2D eigenvalue weighted by Crippen LogP contribution is -2.29. The summed E-state index contributed by atoms with van der Waals surface area (Å²) in [7, 11) is -3.07. The van der Waals surface area contributed by atoms with Gasteiger partial charge in [0.25, 0.3) is 0 Å². The minimum absolute atomic E-state index is 0.00292. The number of hydrogen-bond donors (Lipinski definition) is 2. The van der Waals surface area contributed by atoms with E-state index in [9.17, 15) is 8.42 Å². The summed E-state index contributed by atoms with van der Waals surface area (Å²) in [5.41, 5.74) is 5.06. The lowest BCUT2D eigenvalue weighted by molar-refractivity contribution is 0.205. The molecule has 0 bridgehead atoms. The molecule has 0 aromatic heterocycles. The molecule has 4 nitrogen and oxygen atoms in total. The second kappa shape index (κ2) is 4.69. The fourth-order valence-corrected chi connectivity index (χ4v) is 2.27. The van der Waals surface area contributed by atoms with Crippen molar-refractivity contribution in [1.82, 2.24) is 0 Å². The van der Waals surface area contributed by atoms with Crippen molar-refractivity contribution >= 4 is 9.84 Å². The van der Waals surface area contributed by atoms with Gasteiger partial charge in [-0.25, -0.2) is 8.42 Å².